The normalized spacial score (nSPS) is 15.7. The van der Waals surface area contributed by atoms with E-state index in [-0.39, 0.29) is 11.8 Å². The molecule has 2 heterocycles. The van der Waals surface area contributed by atoms with Gasteiger partial charge in [0.2, 0.25) is 5.91 Å². The molecule has 1 aromatic heterocycles. The number of carbonyl (C=O) groups excluding carboxylic acids is 2. The molecule has 1 N–H and O–H groups in total. The molecule has 1 aliphatic heterocycles. The number of benzene rings is 1. The maximum Gasteiger partial charge on any atom is 0.272 e. The summed E-state index contributed by atoms with van der Waals surface area (Å²) in [6, 6.07) is 10.8. The van der Waals surface area contributed by atoms with Gasteiger partial charge in [0, 0.05) is 18.8 Å². The van der Waals surface area contributed by atoms with E-state index < -0.39 is 6.04 Å². The molecule has 0 spiro atoms. The summed E-state index contributed by atoms with van der Waals surface area (Å²) in [7, 11) is 0. The number of hydrogen-bond donors (Lipinski definition) is 1. The lowest BCUT2D eigenvalue weighted by Crippen LogP contribution is -2.48. The zero-order chi connectivity index (χ0) is 17.8. The minimum absolute atomic E-state index is 0.0211. The minimum Gasteiger partial charge on any atom is -0.341 e. The Morgan fingerprint density at radius 3 is 2.48 bits per heavy atom. The quantitative estimate of drug-likeness (QED) is 0.929. The molecule has 6 heteroatoms. The van der Waals surface area contributed by atoms with Crippen molar-refractivity contribution >= 4 is 11.8 Å². The number of likely N-dealkylation sites (tertiary alicyclic amines) is 1. The van der Waals surface area contributed by atoms with Crippen molar-refractivity contribution in [3.8, 4) is 5.69 Å². The second-order valence-electron chi connectivity index (χ2n) is 6.50. The third kappa shape index (κ3) is 3.90. The summed E-state index contributed by atoms with van der Waals surface area (Å²) in [6.07, 6.45) is 3.24. The first kappa shape index (κ1) is 17.2. The topological polar surface area (TPSA) is 67.2 Å². The zero-order valence-electron chi connectivity index (χ0n) is 14.7. The second kappa shape index (κ2) is 7.51. The Morgan fingerprint density at radius 1 is 1.12 bits per heavy atom. The van der Waals surface area contributed by atoms with E-state index in [1.54, 1.807) is 17.7 Å². The van der Waals surface area contributed by atoms with Crippen LogP contribution in [-0.2, 0) is 4.79 Å². The van der Waals surface area contributed by atoms with Gasteiger partial charge in [-0.25, -0.2) is 4.68 Å². The lowest BCUT2D eigenvalue weighted by molar-refractivity contribution is -0.133. The third-order valence-electron chi connectivity index (χ3n) is 4.51. The number of aromatic nitrogens is 2. The molecular formula is C19H24N4O2. The molecule has 1 atom stereocenters. The largest absolute Gasteiger partial charge is 0.341 e. The van der Waals surface area contributed by atoms with E-state index in [4.69, 9.17) is 0 Å². The highest BCUT2D eigenvalue weighted by Gasteiger charge is 2.24. The third-order valence-corrected chi connectivity index (χ3v) is 4.51. The molecule has 1 aliphatic rings. The minimum atomic E-state index is -0.548. The summed E-state index contributed by atoms with van der Waals surface area (Å²) in [5, 5.41) is 7.16. The first-order chi connectivity index (χ1) is 12.1. The molecule has 0 radical (unpaired) electrons. The molecule has 2 amide bonds. The number of amides is 2. The molecule has 6 nitrogen and oxygen atoms in total. The van der Waals surface area contributed by atoms with Crippen LogP contribution in [0.2, 0.25) is 0 Å². The highest BCUT2D eigenvalue weighted by atomic mass is 16.2. The van der Waals surface area contributed by atoms with Crippen LogP contribution in [0.3, 0.4) is 0 Å². The molecule has 25 heavy (non-hydrogen) atoms. The van der Waals surface area contributed by atoms with E-state index in [2.05, 4.69) is 10.4 Å². The maximum atomic E-state index is 12.5. The van der Waals surface area contributed by atoms with E-state index in [0.717, 1.165) is 37.3 Å². The molecule has 0 unspecified atom stereocenters. The van der Waals surface area contributed by atoms with Gasteiger partial charge in [0.05, 0.1) is 5.69 Å². The van der Waals surface area contributed by atoms with Gasteiger partial charge < -0.3 is 10.2 Å². The van der Waals surface area contributed by atoms with Crippen molar-refractivity contribution in [3.63, 3.8) is 0 Å². The van der Waals surface area contributed by atoms with Crippen LogP contribution < -0.4 is 5.32 Å². The Balaban J connectivity index is 1.68. The second-order valence-corrected chi connectivity index (χ2v) is 6.50. The van der Waals surface area contributed by atoms with Crippen molar-refractivity contribution < 1.29 is 9.59 Å². The van der Waals surface area contributed by atoms with Crippen molar-refractivity contribution in [2.24, 2.45) is 0 Å². The maximum absolute atomic E-state index is 12.5. The number of hydrogen-bond acceptors (Lipinski definition) is 3. The summed E-state index contributed by atoms with van der Waals surface area (Å²) in [6.45, 7) is 5.19. The van der Waals surface area contributed by atoms with Gasteiger partial charge in [-0.15, -0.1) is 0 Å². The van der Waals surface area contributed by atoms with Gasteiger partial charge in [-0.05, 0) is 51.3 Å². The molecule has 132 valence electrons. The van der Waals surface area contributed by atoms with Gasteiger partial charge >= 0.3 is 0 Å². The monoisotopic (exact) mass is 340 g/mol. The van der Waals surface area contributed by atoms with E-state index >= 15 is 0 Å². The number of rotatable bonds is 4. The molecule has 0 saturated carbocycles. The predicted octanol–water partition coefficient (Wildman–Crippen LogP) is 2.31. The van der Waals surface area contributed by atoms with E-state index in [1.165, 1.54) is 6.42 Å². The van der Waals surface area contributed by atoms with Crippen LogP contribution in [0.1, 0.15) is 42.4 Å². The smallest absolute Gasteiger partial charge is 0.272 e. The molecule has 3 rings (SSSR count). The number of para-hydroxylation sites is 1. The Morgan fingerprint density at radius 2 is 1.80 bits per heavy atom. The highest BCUT2D eigenvalue weighted by Crippen LogP contribution is 2.13. The molecular weight excluding hydrogens is 316 g/mol. The average Bonchev–Trinajstić information content (AvgIpc) is 3.04. The number of piperidine rings is 1. The van der Waals surface area contributed by atoms with Crippen molar-refractivity contribution in [2.45, 2.75) is 39.2 Å². The van der Waals surface area contributed by atoms with Crippen molar-refractivity contribution in [3.05, 3.63) is 47.8 Å². The Kier molecular flexibility index (Phi) is 5.16. The first-order valence-electron chi connectivity index (χ1n) is 8.78. The summed E-state index contributed by atoms with van der Waals surface area (Å²) in [4.78, 5) is 26.8. The van der Waals surface area contributed by atoms with E-state index in [9.17, 15) is 9.59 Å². The van der Waals surface area contributed by atoms with Gasteiger partial charge in [-0.1, -0.05) is 18.2 Å². The summed E-state index contributed by atoms with van der Waals surface area (Å²) < 4.78 is 1.73. The van der Waals surface area contributed by atoms with Crippen molar-refractivity contribution in [1.82, 2.24) is 20.0 Å². The fraction of sp³-hybridized carbons (Fsp3) is 0.421. The van der Waals surface area contributed by atoms with Crippen LogP contribution >= 0.6 is 0 Å². The summed E-state index contributed by atoms with van der Waals surface area (Å²) in [5.74, 6) is -0.345. The van der Waals surface area contributed by atoms with Crippen LogP contribution in [0, 0.1) is 6.92 Å². The van der Waals surface area contributed by atoms with Crippen molar-refractivity contribution in [1.29, 1.82) is 0 Å². The lowest BCUT2D eigenvalue weighted by atomic mass is 10.1. The van der Waals surface area contributed by atoms with Crippen LogP contribution in [0.4, 0.5) is 0 Å². The van der Waals surface area contributed by atoms with Crippen LogP contribution in [0.5, 0.6) is 0 Å². The Labute approximate surface area is 147 Å². The predicted molar refractivity (Wildman–Crippen MR) is 95.7 cm³/mol. The standard InChI is InChI=1S/C19H24N4O2/c1-14-13-17(21-23(14)16-9-5-3-6-10-16)18(24)20-15(2)19(25)22-11-7-4-8-12-22/h3,5-6,9-10,13,15H,4,7-8,11-12H2,1-2H3,(H,20,24)/t15-/m0/s1. The number of nitrogens with zero attached hydrogens (tertiary/aromatic N) is 3. The molecule has 0 aliphatic carbocycles. The van der Waals surface area contributed by atoms with Gasteiger partial charge in [0.15, 0.2) is 5.69 Å². The number of aryl methyl sites for hydroxylation is 1. The van der Waals surface area contributed by atoms with E-state index in [0.29, 0.717) is 5.69 Å². The highest BCUT2D eigenvalue weighted by molar-refractivity contribution is 5.96. The van der Waals surface area contributed by atoms with E-state index in [1.807, 2.05) is 42.2 Å². The summed E-state index contributed by atoms with van der Waals surface area (Å²) >= 11 is 0. The fourth-order valence-electron chi connectivity index (χ4n) is 3.14. The van der Waals surface area contributed by atoms with Crippen LogP contribution in [0.15, 0.2) is 36.4 Å². The number of carbonyl (C=O) groups is 2. The van der Waals surface area contributed by atoms with Gasteiger partial charge in [-0.2, -0.15) is 5.10 Å². The fourth-order valence-corrected chi connectivity index (χ4v) is 3.14. The molecule has 1 saturated heterocycles. The van der Waals surface area contributed by atoms with Crippen LogP contribution in [0.25, 0.3) is 5.69 Å². The number of nitrogens with one attached hydrogen (secondary N) is 1. The Hall–Kier alpha value is -2.63. The van der Waals surface area contributed by atoms with Gasteiger partial charge in [0.1, 0.15) is 6.04 Å². The molecule has 1 fully saturated rings. The molecule has 0 bridgehead atoms. The van der Waals surface area contributed by atoms with Gasteiger partial charge in [0.25, 0.3) is 5.91 Å². The Bertz CT molecular complexity index is 748. The summed E-state index contributed by atoms with van der Waals surface area (Å²) in [5.41, 5.74) is 2.09. The first-order valence-corrected chi connectivity index (χ1v) is 8.78. The molecule has 2 aromatic rings. The average molecular weight is 340 g/mol. The molecule has 1 aromatic carbocycles. The lowest BCUT2D eigenvalue weighted by Gasteiger charge is -2.29. The van der Waals surface area contributed by atoms with Crippen LogP contribution in [-0.4, -0.2) is 45.6 Å². The SMILES string of the molecule is Cc1cc(C(=O)N[C@@H](C)C(=O)N2CCCCC2)nn1-c1ccccc1. The van der Waals surface area contributed by atoms with Crippen molar-refractivity contribution in [2.75, 3.05) is 13.1 Å². The van der Waals surface area contributed by atoms with Gasteiger partial charge in [-0.3, -0.25) is 9.59 Å². The zero-order valence-corrected chi connectivity index (χ0v) is 14.7.